The maximum absolute atomic E-state index is 5.23. The van der Waals surface area contributed by atoms with Gasteiger partial charge in [-0.15, -0.1) is 0 Å². The van der Waals surface area contributed by atoms with E-state index in [2.05, 4.69) is 24.1 Å². The molecular weight excluding hydrogens is 200 g/mol. The molecule has 2 aromatic rings. The summed E-state index contributed by atoms with van der Waals surface area (Å²) in [5.74, 6) is 1.76. The molecule has 0 atom stereocenters. The van der Waals surface area contributed by atoms with Gasteiger partial charge in [0.1, 0.15) is 11.6 Å². The molecule has 1 N–H and O–H groups in total. The molecule has 3 nitrogen and oxygen atoms in total. The smallest absolute Gasteiger partial charge is 0.134 e. The van der Waals surface area contributed by atoms with Gasteiger partial charge in [-0.05, 0) is 37.4 Å². The lowest BCUT2D eigenvalue weighted by atomic mass is 10.1. The molecule has 0 fully saturated rings. The lowest BCUT2D eigenvalue weighted by Gasteiger charge is -2.12. The van der Waals surface area contributed by atoms with Crippen LogP contribution >= 0.6 is 0 Å². The number of fused-ring (bicyclic) bond motifs is 1. The topological polar surface area (TPSA) is 34.1 Å². The van der Waals surface area contributed by atoms with Gasteiger partial charge in [0.05, 0.1) is 7.11 Å². The van der Waals surface area contributed by atoms with Crippen molar-refractivity contribution in [2.24, 2.45) is 0 Å². The highest BCUT2D eigenvalue weighted by molar-refractivity contribution is 5.92. The lowest BCUT2D eigenvalue weighted by Crippen LogP contribution is -2.11. The summed E-state index contributed by atoms with van der Waals surface area (Å²) in [4.78, 5) is 4.36. The van der Waals surface area contributed by atoms with E-state index in [1.165, 1.54) is 5.39 Å². The van der Waals surface area contributed by atoms with E-state index in [1.54, 1.807) is 7.11 Å². The average Bonchev–Trinajstić information content (AvgIpc) is 2.28. The maximum Gasteiger partial charge on any atom is 0.134 e. The van der Waals surface area contributed by atoms with Crippen molar-refractivity contribution in [3.05, 3.63) is 30.5 Å². The summed E-state index contributed by atoms with van der Waals surface area (Å²) in [6, 6.07) is 8.38. The SMILES string of the molecule is COc1ccc2ccnc(NC(C)C)c2c1. The minimum atomic E-state index is 0.365. The van der Waals surface area contributed by atoms with Crippen LogP contribution in [0, 0.1) is 0 Å². The highest BCUT2D eigenvalue weighted by Crippen LogP contribution is 2.25. The number of hydrogen-bond acceptors (Lipinski definition) is 3. The molecule has 1 aromatic carbocycles. The Morgan fingerprint density at radius 3 is 2.75 bits per heavy atom. The van der Waals surface area contributed by atoms with E-state index in [9.17, 15) is 0 Å². The van der Waals surface area contributed by atoms with Gasteiger partial charge in [-0.2, -0.15) is 0 Å². The molecule has 0 radical (unpaired) electrons. The summed E-state index contributed by atoms with van der Waals surface area (Å²) < 4.78 is 5.23. The van der Waals surface area contributed by atoms with Gasteiger partial charge in [-0.1, -0.05) is 6.07 Å². The minimum absolute atomic E-state index is 0.365. The van der Waals surface area contributed by atoms with Crippen molar-refractivity contribution in [1.29, 1.82) is 0 Å². The van der Waals surface area contributed by atoms with Crippen molar-refractivity contribution in [3.63, 3.8) is 0 Å². The monoisotopic (exact) mass is 216 g/mol. The van der Waals surface area contributed by atoms with Crippen LogP contribution in [0.5, 0.6) is 5.75 Å². The molecule has 3 heteroatoms. The van der Waals surface area contributed by atoms with Gasteiger partial charge in [0.25, 0.3) is 0 Å². The number of hydrogen-bond donors (Lipinski definition) is 1. The minimum Gasteiger partial charge on any atom is -0.497 e. The van der Waals surface area contributed by atoms with E-state index in [-0.39, 0.29) is 0 Å². The van der Waals surface area contributed by atoms with Crippen LogP contribution in [0.15, 0.2) is 30.5 Å². The summed E-state index contributed by atoms with van der Waals surface area (Å²) in [6.45, 7) is 4.20. The molecule has 2 rings (SSSR count). The third-order valence-corrected chi connectivity index (χ3v) is 2.40. The standard InChI is InChI=1S/C13H16N2O/c1-9(2)15-13-12-8-11(16-3)5-4-10(12)6-7-14-13/h4-9H,1-3H3,(H,14,15). The molecule has 0 bridgehead atoms. The van der Waals surface area contributed by atoms with Crippen LogP contribution in [-0.4, -0.2) is 18.1 Å². The summed E-state index contributed by atoms with van der Waals surface area (Å²) in [6.07, 6.45) is 1.82. The van der Waals surface area contributed by atoms with E-state index in [1.807, 2.05) is 30.5 Å². The summed E-state index contributed by atoms with van der Waals surface area (Å²) >= 11 is 0. The van der Waals surface area contributed by atoms with E-state index in [0.29, 0.717) is 6.04 Å². The van der Waals surface area contributed by atoms with Gasteiger partial charge in [-0.3, -0.25) is 0 Å². The largest absolute Gasteiger partial charge is 0.497 e. The van der Waals surface area contributed by atoms with Crippen LogP contribution in [0.3, 0.4) is 0 Å². The Labute approximate surface area is 95.5 Å². The fourth-order valence-corrected chi connectivity index (χ4v) is 1.66. The maximum atomic E-state index is 5.23. The molecule has 0 spiro atoms. The van der Waals surface area contributed by atoms with Crippen LogP contribution in [-0.2, 0) is 0 Å². The van der Waals surface area contributed by atoms with E-state index in [0.717, 1.165) is 17.0 Å². The predicted molar refractivity (Wildman–Crippen MR) is 67.1 cm³/mol. The number of aromatic nitrogens is 1. The Hall–Kier alpha value is -1.77. The van der Waals surface area contributed by atoms with Crippen molar-refractivity contribution in [2.45, 2.75) is 19.9 Å². The van der Waals surface area contributed by atoms with E-state index in [4.69, 9.17) is 4.74 Å². The average molecular weight is 216 g/mol. The van der Waals surface area contributed by atoms with Crippen LogP contribution in [0.25, 0.3) is 10.8 Å². The van der Waals surface area contributed by atoms with Crippen molar-refractivity contribution < 1.29 is 4.74 Å². The first-order chi connectivity index (χ1) is 7.70. The molecule has 0 aliphatic carbocycles. The highest BCUT2D eigenvalue weighted by Gasteiger charge is 2.04. The lowest BCUT2D eigenvalue weighted by molar-refractivity contribution is 0.415. The molecule has 1 aromatic heterocycles. The predicted octanol–water partition coefficient (Wildman–Crippen LogP) is 3.06. The van der Waals surface area contributed by atoms with E-state index >= 15 is 0 Å². The molecule has 0 unspecified atom stereocenters. The second-order valence-electron chi connectivity index (χ2n) is 4.05. The zero-order valence-corrected chi connectivity index (χ0v) is 9.82. The Balaban J connectivity index is 2.55. The quantitative estimate of drug-likeness (QED) is 0.856. The number of benzene rings is 1. The molecule has 84 valence electrons. The second kappa shape index (κ2) is 4.39. The van der Waals surface area contributed by atoms with Gasteiger partial charge in [0.2, 0.25) is 0 Å². The van der Waals surface area contributed by atoms with Crippen LogP contribution < -0.4 is 10.1 Å². The Kier molecular flexibility index (Phi) is 2.95. The Morgan fingerprint density at radius 2 is 2.06 bits per heavy atom. The summed E-state index contributed by atoms with van der Waals surface area (Å²) in [5.41, 5.74) is 0. The molecule has 0 aliphatic rings. The highest BCUT2D eigenvalue weighted by atomic mass is 16.5. The number of rotatable bonds is 3. The van der Waals surface area contributed by atoms with Gasteiger partial charge in [-0.25, -0.2) is 4.98 Å². The number of methoxy groups -OCH3 is 1. The van der Waals surface area contributed by atoms with Gasteiger partial charge < -0.3 is 10.1 Å². The normalized spacial score (nSPS) is 10.8. The Morgan fingerprint density at radius 1 is 1.25 bits per heavy atom. The third kappa shape index (κ3) is 2.08. The molecule has 0 amide bonds. The number of pyridine rings is 1. The zero-order valence-electron chi connectivity index (χ0n) is 9.82. The van der Waals surface area contributed by atoms with Crippen molar-refractivity contribution in [2.75, 3.05) is 12.4 Å². The summed E-state index contributed by atoms with van der Waals surface area (Å²) in [7, 11) is 1.67. The fraction of sp³-hybridized carbons (Fsp3) is 0.308. The number of nitrogens with zero attached hydrogens (tertiary/aromatic N) is 1. The fourth-order valence-electron chi connectivity index (χ4n) is 1.66. The van der Waals surface area contributed by atoms with Gasteiger partial charge in [0, 0.05) is 17.6 Å². The van der Waals surface area contributed by atoms with Crippen molar-refractivity contribution >= 4 is 16.6 Å². The van der Waals surface area contributed by atoms with Crippen LogP contribution in [0.2, 0.25) is 0 Å². The molecule has 0 saturated heterocycles. The van der Waals surface area contributed by atoms with E-state index < -0.39 is 0 Å². The van der Waals surface area contributed by atoms with Crippen LogP contribution in [0.4, 0.5) is 5.82 Å². The Bertz CT molecular complexity index is 494. The zero-order chi connectivity index (χ0) is 11.5. The van der Waals surface area contributed by atoms with Crippen LogP contribution in [0.1, 0.15) is 13.8 Å². The van der Waals surface area contributed by atoms with Crippen molar-refractivity contribution in [1.82, 2.24) is 4.98 Å². The number of ether oxygens (including phenoxy) is 1. The van der Waals surface area contributed by atoms with Crippen molar-refractivity contribution in [3.8, 4) is 5.75 Å². The molecule has 0 saturated carbocycles. The third-order valence-electron chi connectivity index (χ3n) is 2.40. The van der Waals surface area contributed by atoms with Gasteiger partial charge in [0.15, 0.2) is 0 Å². The number of anilines is 1. The first kappa shape index (κ1) is 10.7. The molecule has 1 heterocycles. The first-order valence-corrected chi connectivity index (χ1v) is 5.40. The van der Waals surface area contributed by atoms with Gasteiger partial charge >= 0.3 is 0 Å². The molecule has 0 aliphatic heterocycles. The second-order valence-corrected chi connectivity index (χ2v) is 4.05. The summed E-state index contributed by atoms with van der Waals surface area (Å²) in [5, 5.41) is 5.59. The molecule has 16 heavy (non-hydrogen) atoms. The first-order valence-electron chi connectivity index (χ1n) is 5.40. The molecular formula is C13H16N2O. The number of nitrogens with one attached hydrogen (secondary N) is 1.